The van der Waals surface area contributed by atoms with Crippen LogP contribution >= 0.6 is 15.9 Å². The van der Waals surface area contributed by atoms with Gasteiger partial charge in [0.25, 0.3) is 10.0 Å². The highest BCUT2D eigenvalue weighted by molar-refractivity contribution is 9.10. The number of ether oxygens (including phenoxy) is 3. The lowest BCUT2D eigenvalue weighted by molar-refractivity contribution is -0.183. The smallest absolute Gasteiger partial charge is 0.416 e. The molecule has 2 aliphatic rings. The maximum atomic E-state index is 13.6. The highest BCUT2D eigenvalue weighted by Gasteiger charge is 2.61. The van der Waals surface area contributed by atoms with Crippen LogP contribution in [-0.4, -0.2) is 47.2 Å². The Hall–Kier alpha value is -2.80. The van der Waals surface area contributed by atoms with Gasteiger partial charge in [0.2, 0.25) is 0 Å². The minimum Gasteiger partial charge on any atom is -0.486 e. The molecule has 1 aliphatic carbocycles. The van der Waals surface area contributed by atoms with E-state index in [0.29, 0.717) is 10.5 Å². The number of benzene rings is 2. The van der Waals surface area contributed by atoms with Crippen LogP contribution in [0.5, 0.6) is 5.75 Å². The Morgan fingerprint density at radius 1 is 1.08 bits per heavy atom. The lowest BCUT2D eigenvalue weighted by atomic mass is 9.60. The molecule has 1 heterocycles. The van der Waals surface area contributed by atoms with E-state index in [1.807, 2.05) is 0 Å². The summed E-state index contributed by atoms with van der Waals surface area (Å²) in [6.45, 7) is -0.245. The Morgan fingerprint density at radius 3 is 2.31 bits per heavy atom. The maximum Gasteiger partial charge on any atom is 0.416 e. The van der Waals surface area contributed by atoms with Gasteiger partial charge in [-0.3, -0.25) is 13.9 Å². The lowest BCUT2D eigenvalue weighted by Crippen LogP contribution is -2.58. The van der Waals surface area contributed by atoms with Gasteiger partial charge in [-0.1, -0.05) is 22.0 Å². The molecule has 0 bridgehead atoms. The lowest BCUT2D eigenvalue weighted by Gasteiger charge is -2.48. The molecule has 2 aromatic rings. The molecule has 0 unspecified atom stereocenters. The molecule has 1 saturated carbocycles. The van der Waals surface area contributed by atoms with E-state index in [-0.39, 0.29) is 30.8 Å². The van der Waals surface area contributed by atoms with Crippen molar-refractivity contribution in [2.24, 2.45) is 11.3 Å². The van der Waals surface area contributed by atoms with Gasteiger partial charge in [-0.2, -0.15) is 13.2 Å². The van der Waals surface area contributed by atoms with Crippen molar-refractivity contribution in [3.05, 3.63) is 52.5 Å². The largest absolute Gasteiger partial charge is 0.486 e. The molecule has 36 heavy (non-hydrogen) atoms. The number of anilines is 1. The zero-order valence-corrected chi connectivity index (χ0v) is 21.4. The molecule has 4 rings (SSSR count). The molecule has 0 amide bonds. The number of hydrogen-bond acceptors (Lipinski definition) is 7. The predicted molar refractivity (Wildman–Crippen MR) is 124 cm³/mol. The SMILES string of the molecule is COC(=O)C1(C(=O)OC)CC([C@H]2CN(S(=O)(=O)c3cccc(C(F)(F)F)c3)c3cc(Br)ccc3O2)C1. The first-order valence-electron chi connectivity index (χ1n) is 10.7. The Labute approximate surface area is 213 Å². The fourth-order valence-corrected chi connectivity index (χ4v) is 6.46. The zero-order valence-electron chi connectivity index (χ0n) is 19.0. The van der Waals surface area contributed by atoms with E-state index in [9.17, 15) is 31.2 Å². The second-order valence-electron chi connectivity index (χ2n) is 8.56. The molecule has 0 N–H and O–H groups in total. The van der Waals surface area contributed by atoms with E-state index >= 15 is 0 Å². The summed E-state index contributed by atoms with van der Waals surface area (Å²) in [5.74, 6) is -1.77. The summed E-state index contributed by atoms with van der Waals surface area (Å²) < 4.78 is 84.1. The van der Waals surface area contributed by atoms with Crippen LogP contribution in [0.25, 0.3) is 0 Å². The number of halogens is 4. The highest BCUT2D eigenvalue weighted by Crippen LogP contribution is 2.52. The van der Waals surface area contributed by atoms with Gasteiger partial charge in [-0.25, -0.2) is 8.42 Å². The second kappa shape index (κ2) is 9.25. The predicted octanol–water partition coefficient (Wildman–Crippen LogP) is 4.17. The fraction of sp³-hybridized carbons (Fsp3) is 0.391. The summed E-state index contributed by atoms with van der Waals surface area (Å²) in [6.07, 6.45) is -5.51. The number of rotatable bonds is 5. The minimum absolute atomic E-state index is 0.000319. The molecule has 1 aliphatic heterocycles. The molecule has 0 spiro atoms. The van der Waals surface area contributed by atoms with E-state index in [2.05, 4.69) is 15.9 Å². The van der Waals surface area contributed by atoms with Crippen molar-refractivity contribution < 1.29 is 45.4 Å². The number of carbonyl (C=O) groups excluding carboxylic acids is 2. The third kappa shape index (κ3) is 4.42. The molecule has 0 radical (unpaired) electrons. The normalized spacial score (nSPS) is 19.5. The highest BCUT2D eigenvalue weighted by atomic mass is 79.9. The van der Waals surface area contributed by atoms with Gasteiger partial charge in [0.15, 0.2) is 5.41 Å². The van der Waals surface area contributed by atoms with Crippen LogP contribution < -0.4 is 9.04 Å². The topological polar surface area (TPSA) is 99.2 Å². The van der Waals surface area contributed by atoms with Crippen LogP contribution in [0.15, 0.2) is 51.8 Å². The summed E-state index contributed by atoms with van der Waals surface area (Å²) in [4.78, 5) is 24.1. The van der Waals surface area contributed by atoms with Crippen LogP contribution in [0, 0.1) is 11.3 Å². The van der Waals surface area contributed by atoms with Gasteiger partial charge in [0, 0.05) is 10.4 Å². The molecular formula is C23H21BrF3NO7S. The van der Waals surface area contributed by atoms with Crippen molar-refractivity contribution in [2.75, 3.05) is 25.1 Å². The monoisotopic (exact) mass is 591 g/mol. The summed E-state index contributed by atoms with van der Waals surface area (Å²) in [5, 5.41) is 0. The van der Waals surface area contributed by atoms with Crippen molar-refractivity contribution in [1.82, 2.24) is 0 Å². The van der Waals surface area contributed by atoms with E-state index in [1.54, 1.807) is 6.07 Å². The molecule has 194 valence electrons. The number of nitrogens with zero attached hydrogens (tertiary/aromatic N) is 1. The van der Waals surface area contributed by atoms with Crippen LogP contribution in [-0.2, 0) is 35.3 Å². The van der Waals surface area contributed by atoms with Crippen molar-refractivity contribution in [1.29, 1.82) is 0 Å². The van der Waals surface area contributed by atoms with Gasteiger partial charge in [0.1, 0.15) is 11.9 Å². The van der Waals surface area contributed by atoms with Gasteiger partial charge in [0.05, 0.1) is 36.9 Å². The van der Waals surface area contributed by atoms with Crippen molar-refractivity contribution in [3.8, 4) is 5.75 Å². The van der Waals surface area contributed by atoms with E-state index in [1.165, 1.54) is 12.1 Å². The van der Waals surface area contributed by atoms with Crippen molar-refractivity contribution in [2.45, 2.75) is 30.0 Å². The van der Waals surface area contributed by atoms with Crippen LogP contribution in [0.4, 0.5) is 18.9 Å². The number of carbonyl (C=O) groups is 2. The third-order valence-corrected chi connectivity index (χ3v) is 8.73. The van der Waals surface area contributed by atoms with E-state index < -0.39 is 56.0 Å². The second-order valence-corrected chi connectivity index (χ2v) is 11.3. The minimum atomic E-state index is -4.73. The van der Waals surface area contributed by atoms with Gasteiger partial charge in [-0.05, 0) is 49.2 Å². The quantitative estimate of drug-likeness (QED) is 0.380. The molecule has 1 atom stereocenters. The molecular weight excluding hydrogens is 571 g/mol. The first-order valence-corrected chi connectivity index (χ1v) is 12.9. The molecule has 13 heteroatoms. The summed E-state index contributed by atoms with van der Waals surface area (Å²) in [7, 11) is -2.15. The summed E-state index contributed by atoms with van der Waals surface area (Å²) in [6, 6.07) is 8.15. The number of sulfonamides is 1. The molecule has 0 aromatic heterocycles. The fourth-order valence-electron chi connectivity index (χ4n) is 4.59. The first kappa shape index (κ1) is 26.3. The Bertz CT molecular complexity index is 1290. The van der Waals surface area contributed by atoms with Gasteiger partial charge < -0.3 is 14.2 Å². The molecule has 8 nitrogen and oxygen atoms in total. The van der Waals surface area contributed by atoms with E-state index in [0.717, 1.165) is 36.7 Å². The first-order chi connectivity index (χ1) is 16.8. The number of methoxy groups -OCH3 is 2. The van der Waals surface area contributed by atoms with E-state index in [4.69, 9.17) is 14.2 Å². The molecule has 1 fully saturated rings. The third-order valence-electron chi connectivity index (χ3n) is 6.46. The zero-order chi connectivity index (χ0) is 26.5. The summed E-state index contributed by atoms with van der Waals surface area (Å²) >= 11 is 3.28. The average molecular weight is 592 g/mol. The summed E-state index contributed by atoms with van der Waals surface area (Å²) in [5.41, 5.74) is -2.48. The van der Waals surface area contributed by atoms with Crippen LogP contribution in [0.2, 0.25) is 0 Å². The number of alkyl halides is 3. The number of fused-ring (bicyclic) bond motifs is 1. The Morgan fingerprint density at radius 2 is 1.72 bits per heavy atom. The van der Waals surface area contributed by atoms with Crippen molar-refractivity contribution in [3.63, 3.8) is 0 Å². The van der Waals surface area contributed by atoms with Crippen LogP contribution in [0.3, 0.4) is 0 Å². The number of hydrogen-bond donors (Lipinski definition) is 0. The Balaban J connectivity index is 1.70. The maximum absolute atomic E-state index is 13.6. The average Bonchev–Trinajstić information content (AvgIpc) is 2.82. The van der Waals surface area contributed by atoms with Gasteiger partial charge >= 0.3 is 18.1 Å². The van der Waals surface area contributed by atoms with Crippen LogP contribution in [0.1, 0.15) is 18.4 Å². The molecule has 2 aromatic carbocycles. The Kier molecular flexibility index (Phi) is 6.75. The number of esters is 2. The molecule has 0 saturated heterocycles. The van der Waals surface area contributed by atoms with Crippen molar-refractivity contribution >= 4 is 43.6 Å². The standard InChI is InChI=1S/C23H21BrF3NO7S/c1-33-20(29)22(21(30)34-2)10-13(11-22)19-12-28(17-9-15(24)6-7-18(17)35-19)36(31,32)16-5-3-4-14(8-16)23(25,26)27/h3-9,13,19H,10-12H2,1-2H3/t19-/m1/s1. The van der Waals surface area contributed by atoms with Gasteiger partial charge in [-0.15, -0.1) is 0 Å².